The molecule has 0 radical (unpaired) electrons. The van der Waals surface area contributed by atoms with E-state index in [2.05, 4.69) is 51.7 Å². The SMILES string of the molecule is Cc1ccc(Nc2cc(C)nc3cn[nH]c23)cc1. The van der Waals surface area contributed by atoms with Crippen molar-refractivity contribution in [1.82, 2.24) is 15.2 Å². The third kappa shape index (κ3) is 1.93. The van der Waals surface area contributed by atoms with Crippen LogP contribution in [-0.4, -0.2) is 15.2 Å². The van der Waals surface area contributed by atoms with Crippen molar-refractivity contribution in [2.75, 3.05) is 5.32 Å². The molecule has 2 heterocycles. The second kappa shape index (κ2) is 4.14. The first-order chi connectivity index (χ1) is 8.72. The largest absolute Gasteiger partial charge is 0.354 e. The summed E-state index contributed by atoms with van der Waals surface area (Å²) in [5, 5.41) is 10.4. The molecule has 0 bridgehead atoms. The number of rotatable bonds is 2. The van der Waals surface area contributed by atoms with Gasteiger partial charge in [0.05, 0.1) is 11.9 Å². The summed E-state index contributed by atoms with van der Waals surface area (Å²) < 4.78 is 0. The lowest BCUT2D eigenvalue weighted by molar-refractivity contribution is 1.12. The minimum absolute atomic E-state index is 0.879. The molecule has 0 fully saturated rings. The molecule has 1 aromatic carbocycles. The average molecular weight is 238 g/mol. The Balaban J connectivity index is 2.03. The number of H-pyrrole nitrogens is 1. The van der Waals surface area contributed by atoms with E-state index in [1.807, 2.05) is 13.0 Å². The highest BCUT2D eigenvalue weighted by molar-refractivity contribution is 5.89. The Morgan fingerprint density at radius 3 is 2.67 bits per heavy atom. The zero-order valence-electron chi connectivity index (χ0n) is 10.4. The topological polar surface area (TPSA) is 53.6 Å². The Labute approximate surface area is 105 Å². The molecule has 2 aromatic heterocycles. The maximum atomic E-state index is 4.42. The van der Waals surface area contributed by atoms with E-state index in [0.717, 1.165) is 28.1 Å². The predicted molar refractivity (Wildman–Crippen MR) is 73.1 cm³/mol. The monoisotopic (exact) mass is 238 g/mol. The van der Waals surface area contributed by atoms with Crippen LogP contribution >= 0.6 is 0 Å². The van der Waals surface area contributed by atoms with E-state index in [1.54, 1.807) is 6.20 Å². The third-order valence-corrected chi connectivity index (χ3v) is 2.87. The van der Waals surface area contributed by atoms with Gasteiger partial charge in [-0.25, -0.2) is 4.98 Å². The summed E-state index contributed by atoms with van der Waals surface area (Å²) in [6.07, 6.45) is 1.74. The molecule has 0 aliphatic rings. The fourth-order valence-electron chi connectivity index (χ4n) is 1.96. The van der Waals surface area contributed by atoms with Gasteiger partial charge in [0.15, 0.2) is 0 Å². The number of aryl methyl sites for hydroxylation is 2. The number of nitrogens with zero attached hydrogens (tertiary/aromatic N) is 2. The number of nitrogens with one attached hydrogen (secondary N) is 2. The lowest BCUT2D eigenvalue weighted by Crippen LogP contribution is -1.94. The van der Waals surface area contributed by atoms with Crippen LogP contribution in [0.25, 0.3) is 11.0 Å². The number of aromatic amines is 1. The van der Waals surface area contributed by atoms with Gasteiger partial charge in [-0.05, 0) is 32.0 Å². The van der Waals surface area contributed by atoms with Gasteiger partial charge in [-0.2, -0.15) is 5.10 Å². The molecule has 0 amide bonds. The predicted octanol–water partition coefficient (Wildman–Crippen LogP) is 3.32. The zero-order valence-corrected chi connectivity index (χ0v) is 10.4. The molecule has 0 aliphatic carbocycles. The first-order valence-corrected chi connectivity index (χ1v) is 5.87. The summed E-state index contributed by atoms with van der Waals surface area (Å²) in [5.41, 5.74) is 6.09. The minimum Gasteiger partial charge on any atom is -0.354 e. The fraction of sp³-hybridized carbons (Fsp3) is 0.143. The number of hydrogen-bond acceptors (Lipinski definition) is 3. The van der Waals surface area contributed by atoms with Crippen LogP contribution in [0.5, 0.6) is 0 Å². The van der Waals surface area contributed by atoms with Crippen molar-refractivity contribution in [1.29, 1.82) is 0 Å². The van der Waals surface area contributed by atoms with Gasteiger partial charge < -0.3 is 5.32 Å². The first-order valence-electron chi connectivity index (χ1n) is 5.87. The van der Waals surface area contributed by atoms with Crippen LogP contribution in [0, 0.1) is 13.8 Å². The summed E-state index contributed by atoms with van der Waals surface area (Å²) in [7, 11) is 0. The van der Waals surface area contributed by atoms with Crippen LogP contribution in [0.2, 0.25) is 0 Å². The Kier molecular flexibility index (Phi) is 2.48. The summed E-state index contributed by atoms with van der Waals surface area (Å²) in [5.74, 6) is 0. The van der Waals surface area contributed by atoms with Gasteiger partial charge in [-0.3, -0.25) is 5.10 Å². The van der Waals surface area contributed by atoms with Crippen molar-refractivity contribution in [3.63, 3.8) is 0 Å². The first kappa shape index (κ1) is 10.8. The molecule has 3 rings (SSSR count). The standard InChI is InChI=1S/C14H14N4/c1-9-3-5-11(6-4-9)17-12-7-10(2)16-13-8-15-18-14(12)13/h3-8H,1-2H3,(H,15,18)(H,16,17). The van der Waals surface area contributed by atoms with Gasteiger partial charge in [0.25, 0.3) is 0 Å². The molecule has 2 N–H and O–H groups in total. The Hall–Kier alpha value is -2.36. The lowest BCUT2D eigenvalue weighted by atomic mass is 10.2. The fourth-order valence-corrected chi connectivity index (χ4v) is 1.96. The molecule has 0 unspecified atom stereocenters. The molecule has 4 nitrogen and oxygen atoms in total. The van der Waals surface area contributed by atoms with Gasteiger partial charge in [0.1, 0.15) is 11.0 Å². The third-order valence-electron chi connectivity index (χ3n) is 2.87. The Morgan fingerprint density at radius 2 is 1.89 bits per heavy atom. The highest BCUT2D eigenvalue weighted by Gasteiger charge is 2.05. The second-order valence-electron chi connectivity index (χ2n) is 4.43. The van der Waals surface area contributed by atoms with Gasteiger partial charge >= 0.3 is 0 Å². The number of anilines is 2. The summed E-state index contributed by atoms with van der Waals surface area (Å²) in [4.78, 5) is 4.42. The van der Waals surface area contributed by atoms with Crippen molar-refractivity contribution in [2.24, 2.45) is 0 Å². The molecule has 0 aliphatic heterocycles. The van der Waals surface area contributed by atoms with Crippen LogP contribution in [0.3, 0.4) is 0 Å². The number of pyridine rings is 1. The minimum atomic E-state index is 0.879. The lowest BCUT2D eigenvalue weighted by Gasteiger charge is -2.08. The van der Waals surface area contributed by atoms with Crippen molar-refractivity contribution >= 4 is 22.4 Å². The van der Waals surface area contributed by atoms with E-state index < -0.39 is 0 Å². The molecule has 0 spiro atoms. The highest BCUT2D eigenvalue weighted by Crippen LogP contribution is 2.24. The molecule has 4 heteroatoms. The zero-order chi connectivity index (χ0) is 12.5. The van der Waals surface area contributed by atoms with Gasteiger partial charge in [-0.1, -0.05) is 17.7 Å². The quantitative estimate of drug-likeness (QED) is 0.720. The Morgan fingerprint density at radius 1 is 1.11 bits per heavy atom. The number of fused-ring (bicyclic) bond motifs is 1. The van der Waals surface area contributed by atoms with Gasteiger partial charge in [0.2, 0.25) is 0 Å². The second-order valence-corrected chi connectivity index (χ2v) is 4.43. The molecule has 18 heavy (non-hydrogen) atoms. The number of aromatic nitrogens is 3. The smallest absolute Gasteiger partial charge is 0.110 e. The van der Waals surface area contributed by atoms with Crippen LogP contribution in [0.4, 0.5) is 11.4 Å². The van der Waals surface area contributed by atoms with E-state index in [0.29, 0.717) is 0 Å². The van der Waals surface area contributed by atoms with Crippen LogP contribution in [0.15, 0.2) is 36.5 Å². The molecule has 90 valence electrons. The van der Waals surface area contributed by atoms with Crippen LogP contribution < -0.4 is 5.32 Å². The highest BCUT2D eigenvalue weighted by atomic mass is 15.1. The molecule has 0 saturated carbocycles. The number of hydrogen-bond donors (Lipinski definition) is 2. The summed E-state index contributed by atoms with van der Waals surface area (Å²) in [6.45, 7) is 4.06. The van der Waals surface area contributed by atoms with Gasteiger partial charge in [-0.15, -0.1) is 0 Å². The number of benzene rings is 1. The normalized spacial score (nSPS) is 10.8. The van der Waals surface area contributed by atoms with E-state index in [4.69, 9.17) is 0 Å². The summed E-state index contributed by atoms with van der Waals surface area (Å²) in [6, 6.07) is 10.3. The molecular weight excluding hydrogens is 224 g/mol. The van der Waals surface area contributed by atoms with Crippen molar-refractivity contribution in [3.8, 4) is 0 Å². The van der Waals surface area contributed by atoms with Crippen LogP contribution in [-0.2, 0) is 0 Å². The van der Waals surface area contributed by atoms with Crippen LogP contribution in [0.1, 0.15) is 11.3 Å². The molecule has 0 atom stereocenters. The summed E-state index contributed by atoms with van der Waals surface area (Å²) >= 11 is 0. The maximum Gasteiger partial charge on any atom is 0.110 e. The van der Waals surface area contributed by atoms with E-state index in [9.17, 15) is 0 Å². The molecule has 0 saturated heterocycles. The van der Waals surface area contributed by atoms with Crippen molar-refractivity contribution in [2.45, 2.75) is 13.8 Å². The van der Waals surface area contributed by atoms with E-state index >= 15 is 0 Å². The van der Waals surface area contributed by atoms with Gasteiger partial charge in [0, 0.05) is 11.4 Å². The van der Waals surface area contributed by atoms with Crippen molar-refractivity contribution in [3.05, 3.63) is 47.8 Å². The Bertz CT molecular complexity index is 683. The molecular formula is C14H14N4. The average Bonchev–Trinajstić information content (AvgIpc) is 2.80. The van der Waals surface area contributed by atoms with Crippen molar-refractivity contribution < 1.29 is 0 Å². The van der Waals surface area contributed by atoms with E-state index in [1.165, 1.54) is 5.56 Å². The molecule has 3 aromatic rings. The van der Waals surface area contributed by atoms with E-state index in [-0.39, 0.29) is 0 Å². The maximum absolute atomic E-state index is 4.42.